The molecule has 2 rings (SSSR count). The molecule has 1 aromatic rings. The summed E-state index contributed by atoms with van der Waals surface area (Å²) in [5.74, 6) is 0.335. The van der Waals surface area contributed by atoms with Crippen LogP contribution in [0.15, 0.2) is 18.2 Å². The smallest absolute Gasteiger partial charge is 0.251 e. The molecule has 4 heteroatoms. The largest absolute Gasteiger partial charge is 0.388 e. The number of amides is 1. The highest BCUT2D eigenvalue weighted by atomic mass is 35.5. The van der Waals surface area contributed by atoms with Crippen molar-refractivity contribution in [2.24, 2.45) is 5.92 Å². The minimum Gasteiger partial charge on any atom is -0.388 e. The van der Waals surface area contributed by atoms with Crippen molar-refractivity contribution in [1.82, 2.24) is 5.32 Å². The molecule has 0 aromatic heterocycles. The van der Waals surface area contributed by atoms with E-state index in [1.165, 1.54) is 0 Å². The molecule has 3 nitrogen and oxygen atoms in total. The van der Waals surface area contributed by atoms with E-state index in [0.29, 0.717) is 23.0 Å². The molecular formula is C16H22ClNO2. The van der Waals surface area contributed by atoms with E-state index in [9.17, 15) is 9.90 Å². The number of hydrogen-bond donors (Lipinski definition) is 2. The lowest BCUT2D eigenvalue weighted by Crippen LogP contribution is -2.45. The second-order valence-electron chi connectivity index (χ2n) is 6.13. The zero-order valence-electron chi connectivity index (χ0n) is 12.1. The Morgan fingerprint density at radius 1 is 1.50 bits per heavy atom. The van der Waals surface area contributed by atoms with E-state index in [2.05, 4.69) is 12.2 Å². The van der Waals surface area contributed by atoms with Crippen LogP contribution < -0.4 is 5.32 Å². The van der Waals surface area contributed by atoms with Gasteiger partial charge in [-0.15, -0.1) is 0 Å². The lowest BCUT2D eigenvalue weighted by molar-refractivity contribution is -0.0109. The van der Waals surface area contributed by atoms with Gasteiger partial charge in [0.05, 0.1) is 5.60 Å². The molecule has 0 aliphatic heterocycles. The molecule has 20 heavy (non-hydrogen) atoms. The zero-order chi connectivity index (χ0) is 14.8. The minimum atomic E-state index is -0.763. The Labute approximate surface area is 125 Å². The molecule has 2 unspecified atom stereocenters. The van der Waals surface area contributed by atoms with Crippen molar-refractivity contribution in [3.63, 3.8) is 0 Å². The second kappa shape index (κ2) is 6.15. The van der Waals surface area contributed by atoms with Gasteiger partial charge in [0.25, 0.3) is 5.91 Å². The van der Waals surface area contributed by atoms with Crippen LogP contribution in [0.3, 0.4) is 0 Å². The monoisotopic (exact) mass is 295 g/mol. The third kappa shape index (κ3) is 3.97. The maximum absolute atomic E-state index is 12.1. The molecule has 2 atom stereocenters. The number of aryl methyl sites for hydroxylation is 1. The van der Waals surface area contributed by atoms with Crippen LogP contribution in [0, 0.1) is 12.8 Å². The van der Waals surface area contributed by atoms with Crippen LogP contribution in [0.4, 0.5) is 0 Å². The lowest BCUT2D eigenvalue weighted by atomic mass is 9.79. The predicted molar refractivity (Wildman–Crippen MR) is 81.1 cm³/mol. The number of hydrogen-bond acceptors (Lipinski definition) is 2. The van der Waals surface area contributed by atoms with Crippen molar-refractivity contribution in [2.45, 2.75) is 45.1 Å². The van der Waals surface area contributed by atoms with Gasteiger partial charge < -0.3 is 10.4 Å². The number of carbonyl (C=O) groups is 1. The van der Waals surface area contributed by atoms with Crippen molar-refractivity contribution in [3.05, 3.63) is 34.3 Å². The average molecular weight is 296 g/mol. The van der Waals surface area contributed by atoms with Crippen LogP contribution in [0.25, 0.3) is 0 Å². The van der Waals surface area contributed by atoms with Crippen LogP contribution in [-0.4, -0.2) is 23.2 Å². The highest BCUT2D eigenvalue weighted by Crippen LogP contribution is 2.31. The molecule has 1 fully saturated rings. The predicted octanol–water partition coefficient (Wildman–Crippen LogP) is 3.32. The van der Waals surface area contributed by atoms with Gasteiger partial charge in [0.15, 0.2) is 0 Å². The number of carbonyl (C=O) groups excluding carboxylic acids is 1. The van der Waals surface area contributed by atoms with E-state index in [0.717, 1.165) is 31.2 Å². The number of halogens is 1. The van der Waals surface area contributed by atoms with Crippen LogP contribution in [0.5, 0.6) is 0 Å². The number of benzene rings is 1. The molecule has 1 saturated carbocycles. The fourth-order valence-electron chi connectivity index (χ4n) is 3.01. The number of nitrogens with one attached hydrogen (secondary N) is 1. The average Bonchev–Trinajstić information content (AvgIpc) is 2.34. The van der Waals surface area contributed by atoms with Gasteiger partial charge in [0.1, 0.15) is 0 Å². The summed E-state index contributed by atoms with van der Waals surface area (Å²) in [5.41, 5.74) is 0.733. The summed E-state index contributed by atoms with van der Waals surface area (Å²) in [7, 11) is 0. The molecule has 0 radical (unpaired) electrons. The third-order valence-electron chi connectivity index (χ3n) is 3.95. The normalized spacial score (nSPS) is 26.3. The Morgan fingerprint density at radius 2 is 2.25 bits per heavy atom. The molecule has 0 spiro atoms. The molecular weight excluding hydrogens is 274 g/mol. The van der Waals surface area contributed by atoms with E-state index < -0.39 is 5.60 Å². The van der Waals surface area contributed by atoms with Crippen LogP contribution >= 0.6 is 11.6 Å². The fourth-order valence-corrected chi connectivity index (χ4v) is 3.30. The minimum absolute atomic E-state index is 0.178. The molecule has 1 aromatic carbocycles. The van der Waals surface area contributed by atoms with Crippen molar-refractivity contribution in [2.75, 3.05) is 6.54 Å². The Morgan fingerprint density at radius 3 is 2.90 bits per heavy atom. The molecule has 2 N–H and O–H groups in total. The summed E-state index contributed by atoms with van der Waals surface area (Å²) in [6.07, 6.45) is 3.68. The van der Waals surface area contributed by atoms with Crippen molar-refractivity contribution >= 4 is 17.5 Å². The molecule has 110 valence electrons. The van der Waals surface area contributed by atoms with Crippen LogP contribution in [0.1, 0.15) is 48.5 Å². The standard InChI is InChI=1S/C16H22ClNO2/c1-11-4-3-5-16(20,9-11)10-18-15(19)13-6-12(2)7-14(17)8-13/h6-8,11,20H,3-5,9-10H2,1-2H3,(H,18,19). The Balaban J connectivity index is 1.98. The molecule has 1 amide bonds. The summed E-state index contributed by atoms with van der Waals surface area (Å²) < 4.78 is 0. The van der Waals surface area contributed by atoms with E-state index in [1.807, 2.05) is 13.0 Å². The molecule has 1 aliphatic carbocycles. The van der Waals surface area contributed by atoms with Gasteiger partial charge in [0, 0.05) is 17.1 Å². The quantitative estimate of drug-likeness (QED) is 0.899. The maximum atomic E-state index is 12.1. The Bertz CT molecular complexity index is 483. The van der Waals surface area contributed by atoms with E-state index >= 15 is 0 Å². The molecule has 0 saturated heterocycles. The Hall–Kier alpha value is -1.06. The summed E-state index contributed by atoms with van der Waals surface area (Å²) in [4.78, 5) is 12.1. The van der Waals surface area contributed by atoms with Crippen LogP contribution in [0.2, 0.25) is 5.02 Å². The summed E-state index contributed by atoms with van der Waals surface area (Å²) in [5, 5.41) is 13.9. The lowest BCUT2D eigenvalue weighted by Gasteiger charge is -2.35. The summed E-state index contributed by atoms with van der Waals surface area (Å²) >= 11 is 5.96. The fraction of sp³-hybridized carbons (Fsp3) is 0.562. The number of aliphatic hydroxyl groups is 1. The maximum Gasteiger partial charge on any atom is 0.251 e. The first kappa shape index (κ1) is 15.3. The van der Waals surface area contributed by atoms with Gasteiger partial charge in [0.2, 0.25) is 0 Å². The van der Waals surface area contributed by atoms with E-state index in [1.54, 1.807) is 12.1 Å². The van der Waals surface area contributed by atoms with Crippen molar-refractivity contribution < 1.29 is 9.90 Å². The van der Waals surface area contributed by atoms with Gasteiger partial charge >= 0.3 is 0 Å². The third-order valence-corrected chi connectivity index (χ3v) is 4.17. The van der Waals surface area contributed by atoms with Gasteiger partial charge in [-0.1, -0.05) is 31.4 Å². The topological polar surface area (TPSA) is 49.3 Å². The summed E-state index contributed by atoms with van der Waals surface area (Å²) in [6, 6.07) is 5.26. The van der Waals surface area contributed by atoms with E-state index in [-0.39, 0.29) is 5.91 Å². The van der Waals surface area contributed by atoms with E-state index in [4.69, 9.17) is 11.6 Å². The first-order chi connectivity index (χ1) is 9.38. The number of rotatable bonds is 3. The Kier molecular flexibility index (Phi) is 4.71. The highest BCUT2D eigenvalue weighted by molar-refractivity contribution is 6.31. The molecule has 0 heterocycles. The molecule has 0 bridgehead atoms. The summed E-state index contributed by atoms with van der Waals surface area (Å²) in [6.45, 7) is 4.35. The van der Waals surface area contributed by atoms with Crippen molar-refractivity contribution in [1.29, 1.82) is 0 Å². The van der Waals surface area contributed by atoms with Gasteiger partial charge in [-0.2, -0.15) is 0 Å². The van der Waals surface area contributed by atoms with Gasteiger partial charge in [-0.05, 0) is 49.4 Å². The van der Waals surface area contributed by atoms with Crippen LogP contribution in [-0.2, 0) is 0 Å². The second-order valence-corrected chi connectivity index (χ2v) is 6.56. The van der Waals surface area contributed by atoms with Gasteiger partial charge in [-0.3, -0.25) is 4.79 Å². The molecule has 1 aliphatic rings. The zero-order valence-corrected chi connectivity index (χ0v) is 12.8. The van der Waals surface area contributed by atoms with Crippen molar-refractivity contribution in [3.8, 4) is 0 Å². The van der Waals surface area contributed by atoms with Gasteiger partial charge in [-0.25, -0.2) is 0 Å². The first-order valence-corrected chi connectivity index (χ1v) is 7.53. The SMILES string of the molecule is Cc1cc(Cl)cc(C(=O)NCC2(O)CCCC(C)C2)c1. The first-order valence-electron chi connectivity index (χ1n) is 7.16. The highest BCUT2D eigenvalue weighted by Gasteiger charge is 2.32.